The molecule has 80 valence electrons. The van der Waals surface area contributed by atoms with E-state index in [-0.39, 0.29) is 0 Å². The lowest BCUT2D eigenvalue weighted by atomic mass is 10.3. The van der Waals surface area contributed by atoms with E-state index in [1.807, 2.05) is 18.7 Å². The molecule has 0 radical (unpaired) electrons. The Kier molecular flexibility index (Phi) is 3.88. The van der Waals surface area contributed by atoms with Gasteiger partial charge in [0, 0.05) is 13.1 Å². The molecule has 1 rings (SSSR count). The fourth-order valence-corrected chi connectivity index (χ4v) is 1.22. The summed E-state index contributed by atoms with van der Waals surface area (Å²) in [7, 11) is 0. The van der Waals surface area contributed by atoms with Crippen molar-refractivity contribution in [2.24, 2.45) is 0 Å². The molecule has 0 fully saturated rings. The minimum atomic E-state index is -0.444. The molecule has 1 heterocycles. The second-order valence-electron chi connectivity index (χ2n) is 3.21. The molecule has 0 aliphatic rings. The van der Waals surface area contributed by atoms with Crippen LogP contribution in [0.3, 0.4) is 0 Å². The van der Waals surface area contributed by atoms with Crippen molar-refractivity contribution in [1.29, 1.82) is 0 Å². The highest BCUT2D eigenvalue weighted by atomic mass is 16.5. The second-order valence-corrected chi connectivity index (χ2v) is 3.21. The van der Waals surface area contributed by atoms with Crippen LogP contribution >= 0.6 is 0 Å². The van der Waals surface area contributed by atoms with E-state index >= 15 is 0 Å². The highest BCUT2D eigenvalue weighted by molar-refractivity contribution is 5.26. The third kappa shape index (κ3) is 2.70. The number of nitrogens with zero attached hydrogens (tertiary/aromatic N) is 3. The molecule has 1 atom stereocenters. The number of aliphatic hydroxyl groups is 1. The monoisotopic (exact) mass is 199 g/mol. The van der Waals surface area contributed by atoms with Gasteiger partial charge in [-0.05, 0) is 25.9 Å². The minimum Gasteiger partial charge on any atom is -0.393 e. The van der Waals surface area contributed by atoms with Crippen LogP contribution in [0.1, 0.15) is 26.7 Å². The van der Waals surface area contributed by atoms with Gasteiger partial charge in [0.15, 0.2) is 0 Å². The van der Waals surface area contributed by atoms with E-state index in [0.717, 1.165) is 13.1 Å². The van der Waals surface area contributed by atoms with Gasteiger partial charge in [-0.25, -0.2) is 0 Å². The van der Waals surface area contributed by atoms with Crippen LogP contribution in [0.15, 0.2) is 4.52 Å². The molecular weight excluding hydrogens is 182 g/mol. The van der Waals surface area contributed by atoms with Crippen molar-refractivity contribution < 1.29 is 9.63 Å². The number of hydrogen-bond donors (Lipinski definition) is 1. The molecule has 0 spiro atoms. The molecule has 1 unspecified atom stereocenters. The summed E-state index contributed by atoms with van der Waals surface area (Å²) in [6.45, 7) is 7.47. The zero-order valence-corrected chi connectivity index (χ0v) is 8.90. The van der Waals surface area contributed by atoms with Crippen molar-refractivity contribution in [2.75, 3.05) is 18.0 Å². The van der Waals surface area contributed by atoms with Crippen molar-refractivity contribution in [1.82, 2.24) is 10.1 Å². The van der Waals surface area contributed by atoms with Crippen LogP contribution in [0, 0.1) is 0 Å². The third-order valence-corrected chi connectivity index (χ3v) is 1.97. The molecule has 1 aromatic rings. The molecule has 5 nitrogen and oxygen atoms in total. The van der Waals surface area contributed by atoms with E-state index in [4.69, 9.17) is 9.63 Å². The Hall–Kier alpha value is -1.10. The van der Waals surface area contributed by atoms with Crippen molar-refractivity contribution in [2.45, 2.75) is 33.3 Å². The minimum absolute atomic E-state index is 0.411. The van der Waals surface area contributed by atoms with Gasteiger partial charge in [-0.2, -0.15) is 4.98 Å². The Morgan fingerprint density at radius 1 is 1.43 bits per heavy atom. The Labute approximate surface area is 83.7 Å². The standard InChI is InChI=1S/C9H17N3O2/c1-4-12(5-2)9-10-8(14-11-9)6-7(3)13/h7,13H,4-6H2,1-3H3. The van der Waals surface area contributed by atoms with Gasteiger partial charge >= 0.3 is 0 Å². The number of aromatic nitrogens is 2. The van der Waals surface area contributed by atoms with Crippen LogP contribution in [0.2, 0.25) is 0 Å². The third-order valence-electron chi connectivity index (χ3n) is 1.97. The van der Waals surface area contributed by atoms with Crippen LogP contribution in [0.25, 0.3) is 0 Å². The average Bonchev–Trinajstić information content (AvgIpc) is 2.54. The van der Waals surface area contributed by atoms with Crippen LogP contribution < -0.4 is 4.90 Å². The first-order chi connectivity index (χ1) is 6.67. The summed E-state index contributed by atoms with van der Waals surface area (Å²) in [4.78, 5) is 6.18. The van der Waals surface area contributed by atoms with E-state index in [1.54, 1.807) is 6.92 Å². The first kappa shape index (κ1) is 11.0. The number of aliphatic hydroxyl groups excluding tert-OH is 1. The van der Waals surface area contributed by atoms with Crippen molar-refractivity contribution >= 4 is 5.95 Å². The lowest BCUT2D eigenvalue weighted by molar-refractivity contribution is 0.181. The van der Waals surface area contributed by atoms with Crippen molar-refractivity contribution in [3.05, 3.63) is 5.89 Å². The average molecular weight is 199 g/mol. The highest BCUT2D eigenvalue weighted by Crippen LogP contribution is 2.09. The molecule has 14 heavy (non-hydrogen) atoms. The molecule has 0 amide bonds. The van der Waals surface area contributed by atoms with E-state index in [1.165, 1.54) is 0 Å². The SMILES string of the molecule is CCN(CC)c1noc(CC(C)O)n1. The lowest BCUT2D eigenvalue weighted by Crippen LogP contribution is -2.23. The van der Waals surface area contributed by atoms with Crippen LogP contribution in [0.5, 0.6) is 0 Å². The van der Waals surface area contributed by atoms with Gasteiger partial charge in [0.05, 0.1) is 12.5 Å². The molecule has 0 saturated heterocycles. The first-order valence-corrected chi connectivity index (χ1v) is 4.93. The molecule has 0 bridgehead atoms. The van der Waals surface area contributed by atoms with Gasteiger partial charge < -0.3 is 14.5 Å². The smallest absolute Gasteiger partial charge is 0.266 e. The Balaban J connectivity index is 2.66. The summed E-state index contributed by atoms with van der Waals surface area (Å²) in [5, 5.41) is 13.0. The van der Waals surface area contributed by atoms with Crippen molar-refractivity contribution in [3.63, 3.8) is 0 Å². The fraction of sp³-hybridized carbons (Fsp3) is 0.778. The zero-order chi connectivity index (χ0) is 10.6. The number of rotatable bonds is 5. The predicted octanol–water partition coefficient (Wildman–Crippen LogP) is 0.839. The molecule has 0 saturated carbocycles. The highest BCUT2D eigenvalue weighted by Gasteiger charge is 2.12. The van der Waals surface area contributed by atoms with Gasteiger partial charge in [-0.15, -0.1) is 0 Å². The predicted molar refractivity (Wildman–Crippen MR) is 53.2 cm³/mol. The summed E-state index contributed by atoms with van der Waals surface area (Å²) in [5.74, 6) is 1.09. The molecule has 0 aliphatic carbocycles. The summed E-state index contributed by atoms with van der Waals surface area (Å²) in [6.07, 6.45) is -0.0335. The summed E-state index contributed by atoms with van der Waals surface area (Å²) in [6, 6.07) is 0. The number of anilines is 1. The first-order valence-electron chi connectivity index (χ1n) is 4.93. The normalized spacial score (nSPS) is 12.9. The maximum atomic E-state index is 9.13. The van der Waals surface area contributed by atoms with Gasteiger partial charge in [0.2, 0.25) is 5.89 Å². The summed E-state index contributed by atoms with van der Waals surface area (Å²) < 4.78 is 5.00. The maximum absolute atomic E-state index is 9.13. The van der Waals surface area contributed by atoms with E-state index in [0.29, 0.717) is 18.3 Å². The molecule has 5 heteroatoms. The summed E-state index contributed by atoms with van der Waals surface area (Å²) >= 11 is 0. The maximum Gasteiger partial charge on any atom is 0.266 e. The molecule has 1 N–H and O–H groups in total. The Morgan fingerprint density at radius 2 is 2.07 bits per heavy atom. The van der Waals surface area contributed by atoms with Crippen molar-refractivity contribution in [3.8, 4) is 0 Å². The molecule has 0 aliphatic heterocycles. The van der Waals surface area contributed by atoms with E-state index in [9.17, 15) is 0 Å². The second kappa shape index (κ2) is 4.95. The quantitative estimate of drug-likeness (QED) is 0.761. The molecular formula is C9H17N3O2. The van der Waals surface area contributed by atoms with Crippen LogP contribution in [-0.4, -0.2) is 34.4 Å². The van der Waals surface area contributed by atoms with E-state index < -0.39 is 6.10 Å². The van der Waals surface area contributed by atoms with Crippen LogP contribution in [-0.2, 0) is 6.42 Å². The largest absolute Gasteiger partial charge is 0.393 e. The topological polar surface area (TPSA) is 62.4 Å². The fourth-order valence-electron chi connectivity index (χ4n) is 1.22. The Bertz CT molecular complexity index is 269. The van der Waals surface area contributed by atoms with E-state index in [2.05, 4.69) is 10.1 Å². The zero-order valence-electron chi connectivity index (χ0n) is 8.90. The van der Waals surface area contributed by atoms with Gasteiger partial charge in [-0.3, -0.25) is 0 Å². The Morgan fingerprint density at radius 3 is 2.57 bits per heavy atom. The van der Waals surface area contributed by atoms with Gasteiger partial charge in [0.1, 0.15) is 0 Å². The summed E-state index contributed by atoms with van der Waals surface area (Å²) in [5.41, 5.74) is 0. The molecule has 1 aromatic heterocycles. The number of hydrogen-bond acceptors (Lipinski definition) is 5. The van der Waals surface area contributed by atoms with Gasteiger partial charge in [-0.1, -0.05) is 0 Å². The lowest BCUT2D eigenvalue weighted by Gasteiger charge is -2.14. The molecule has 0 aromatic carbocycles. The van der Waals surface area contributed by atoms with Crippen LogP contribution in [0.4, 0.5) is 5.95 Å². The van der Waals surface area contributed by atoms with Gasteiger partial charge in [0.25, 0.3) is 5.95 Å².